The Kier molecular flexibility index (Phi) is 3.98. The minimum absolute atomic E-state index is 1.20. The van der Waals surface area contributed by atoms with E-state index in [1.165, 1.54) is 10.8 Å². The van der Waals surface area contributed by atoms with E-state index in [0.29, 0.717) is 0 Å². The molecule has 0 fully saturated rings. The Morgan fingerprint density at radius 1 is 0.833 bits per heavy atom. The fraction of sp³-hybridized carbons (Fsp3) is 0.118. The summed E-state index contributed by atoms with van der Waals surface area (Å²) in [4.78, 5) is 0. The minimum atomic E-state index is -1.50. The van der Waals surface area contributed by atoms with Gasteiger partial charge < -0.3 is 0 Å². The first-order valence-electron chi connectivity index (χ1n) is 6.23. The standard InChI is InChI=1S/C17H18Si/c1-18(2,17-13-7-4-8-14-17)15-9-12-16-10-5-3-6-11-16/h3-8,10-15H,1-2H3. The molecular weight excluding hydrogens is 232 g/mol. The highest BCUT2D eigenvalue weighted by molar-refractivity contribution is 6.93. The maximum atomic E-state index is 3.35. The smallest absolute Gasteiger partial charge is 0.112 e. The van der Waals surface area contributed by atoms with Gasteiger partial charge in [-0.1, -0.05) is 78.9 Å². The summed E-state index contributed by atoms with van der Waals surface area (Å²) in [6.07, 6.45) is 2.05. The van der Waals surface area contributed by atoms with Gasteiger partial charge in [0.15, 0.2) is 0 Å². The van der Waals surface area contributed by atoms with Gasteiger partial charge in [-0.25, -0.2) is 0 Å². The summed E-state index contributed by atoms with van der Waals surface area (Å²) in [5, 5.41) is 1.44. The summed E-state index contributed by atoms with van der Waals surface area (Å²) >= 11 is 0. The Bertz CT molecular complexity index is 547. The lowest BCUT2D eigenvalue weighted by molar-refractivity contribution is 1.66. The van der Waals surface area contributed by atoms with Crippen molar-refractivity contribution in [1.82, 2.24) is 0 Å². The van der Waals surface area contributed by atoms with Gasteiger partial charge in [-0.3, -0.25) is 0 Å². The molecular formula is C17H18Si. The van der Waals surface area contributed by atoms with Crippen LogP contribution in [0.25, 0.3) is 6.08 Å². The molecule has 2 aromatic carbocycles. The fourth-order valence-electron chi connectivity index (χ4n) is 1.85. The van der Waals surface area contributed by atoms with Gasteiger partial charge in [0, 0.05) is 0 Å². The van der Waals surface area contributed by atoms with Crippen LogP contribution in [0.3, 0.4) is 0 Å². The Labute approximate surface area is 110 Å². The second-order valence-corrected chi connectivity index (χ2v) is 9.26. The maximum Gasteiger partial charge on any atom is 0.112 e. The second kappa shape index (κ2) is 5.68. The highest BCUT2D eigenvalue weighted by atomic mass is 28.3. The van der Waals surface area contributed by atoms with Crippen LogP contribution in [-0.4, -0.2) is 8.07 Å². The van der Waals surface area contributed by atoms with Crippen LogP contribution in [0.4, 0.5) is 0 Å². The summed E-state index contributed by atoms with van der Waals surface area (Å²) in [7, 11) is -1.50. The molecule has 0 unspecified atom stereocenters. The SMILES string of the molecule is C[Si](C)(C=C=Cc1ccccc1)c1ccccc1. The molecule has 2 rings (SSSR count). The zero-order valence-corrected chi connectivity index (χ0v) is 11.9. The number of rotatable bonds is 3. The molecule has 0 radical (unpaired) electrons. The van der Waals surface area contributed by atoms with Crippen LogP contribution in [0.15, 0.2) is 72.1 Å². The van der Waals surface area contributed by atoms with Crippen LogP contribution in [-0.2, 0) is 0 Å². The van der Waals surface area contributed by atoms with Crippen molar-refractivity contribution in [3.05, 3.63) is 77.7 Å². The molecule has 0 aliphatic rings. The van der Waals surface area contributed by atoms with Crippen LogP contribution >= 0.6 is 0 Å². The van der Waals surface area contributed by atoms with Crippen molar-refractivity contribution < 1.29 is 0 Å². The third-order valence-corrected chi connectivity index (χ3v) is 5.72. The van der Waals surface area contributed by atoms with E-state index in [9.17, 15) is 0 Å². The fourth-order valence-corrected chi connectivity index (χ4v) is 3.56. The van der Waals surface area contributed by atoms with Crippen molar-refractivity contribution >= 4 is 19.3 Å². The molecule has 0 aliphatic heterocycles. The minimum Gasteiger partial charge on any atom is -0.128 e. The topological polar surface area (TPSA) is 0 Å². The molecule has 0 aromatic heterocycles. The van der Waals surface area contributed by atoms with Crippen molar-refractivity contribution in [3.63, 3.8) is 0 Å². The Hall–Kier alpha value is -1.82. The Morgan fingerprint density at radius 3 is 2.00 bits per heavy atom. The third-order valence-electron chi connectivity index (χ3n) is 3.01. The molecule has 0 spiro atoms. The zero-order valence-electron chi connectivity index (χ0n) is 10.9. The van der Waals surface area contributed by atoms with E-state index >= 15 is 0 Å². The van der Waals surface area contributed by atoms with Crippen LogP contribution in [0.5, 0.6) is 0 Å². The molecule has 0 aliphatic carbocycles. The molecule has 0 bridgehead atoms. The van der Waals surface area contributed by atoms with Crippen LogP contribution in [0, 0.1) is 0 Å². The van der Waals surface area contributed by atoms with Crippen LogP contribution in [0.2, 0.25) is 13.1 Å². The Morgan fingerprint density at radius 2 is 1.39 bits per heavy atom. The van der Waals surface area contributed by atoms with Gasteiger partial charge in [0.1, 0.15) is 8.07 Å². The lowest BCUT2D eigenvalue weighted by Gasteiger charge is -2.16. The molecule has 0 heterocycles. The third kappa shape index (κ3) is 3.33. The quantitative estimate of drug-likeness (QED) is 0.570. The summed E-state index contributed by atoms with van der Waals surface area (Å²) in [6, 6.07) is 21.0. The van der Waals surface area contributed by atoms with Crippen molar-refractivity contribution in [1.29, 1.82) is 0 Å². The average Bonchev–Trinajstić information content (AvgIpc) is 2.41. The molecule has 0 atom stereocenters. The van der Waals surface area contributed by atoms with Gasteiger partial charge in [-0.15, -0.1) is 5.73 Å². The van der Waals surface area contributed by atoms with Gasteiger partial charge in [0.2, 0.25) is 0 Å². The van der Waals surface area contributed by atoms with E-state index < -0.39 is 8.07 Å². The summed E-state index contributed by atoms with van der Waals surface area (Å²) < 4.78 is 0. The average molecular weight is 250 g/mol. The normalized spacial score (nSPS) is 10.6. The predicted molar refractivity (Wildman–Crippen MR) is 82.5 cm³/mol. The van der Waals surface area contributed by atoms with Gasteiger partial charge in [-0.2, -0.15) is 0 Å². The van der Waals surface area contributed by atoms with Crippen molar-refractivity contribution in [2.75, 3.05) is 0 Å². The van der Waals surface area contributed by atoms with Crippen molar-refractivity contribution in [2.45, 2.75) is 13.1 Å². The first-order chi connectivity index (χ1) is 8.68. The van der Waals surface area contributed by atoms with Gasteiger partial charge in [-0.05, 0) is 17.3 Å². The molecule has 0 saturated carbocycles. The zero-order chi connectivity index (χ0) is 12.8. The van der Waals surface area contributed by atoms with E-state index in [2.05, 4.69) is 73.1 Å². The second-order valence-electron chi connectivity index (χ2n) is 4.95. The summed E-state index contributed by atoms with van der Waals surface area (Å²) in [6.45, 7) is 4.68. The van der Waals surface area contributed by atoms with E-state index in [-0.39, 0.29) is 0 Å². The van der Waals surface area contributed by atoms with Gasteiger partial charge >= 0.3 is 0 Å². The highest BCUT2D eigenvalue weighted by Crippen LogP contribution is 2.05. The van der Waals surface area contributed by atoms with Crippen molar-refractivity contribution in [3.8, 4) is 0 Å². The number of hydrogen-bond donors (Lipinski definition) is 0. The number of hydrogen-bond acceptors (Lipinski definition) is 0. The summed E-state index contributed by atoms with van der Waals surface area (Å²) in [5.41, 5.74) is 6.81. The Balaban J connectivity index is 2.21. The maximum absolute atomic E-state index is 3.35. The molecule has 18 heavy (non-hydrogen) atoms. The molecule has 90 valence electrons. The molecule has 0 amide bonds. The molecule has 0 nitrogen and oxygen atoms in total. The molecule has 2 aromatic rings. The van der Waals surface area contributed by atoms with E-state index in [1.54, 1.807) is 0 Å². The van der Waals surface area contributed by atoms with E-state index in [1.807, 2.05) is 18.2 Å². The van der Waals surface area contributed by atoms with Gasteiger partial charge in [0.05, 0.1) is 0 Å². The first-order valence-corrected chi connectivity index (χ1v) is 9.30. The predicted octanol–water partition coefficient (Wildman–Crippen LogP) is 4.01. The van der Waals surface area contributed by atoms with Crippen LogP contribution in [0.1, 0.15) is 5.56 Å². The van der Waals surface area contributed by atoms with Gasteiger partial charge in [0.25, 0.3) is 0 Å². The largest absolute Gasteiger partial charge is 0.128 e. The van der Waals surface area contributed by atoms with Crippen molar-refractivity contribution in [2.24, 2.45) is 0 Å². The lowest BCUT2D eigenvalue weighted by atomic mass is 10.2. The monoisotopic (exact) mass is 250 g/mol. The molecule has 1 heteroatoms. The first kappa shape index (κ1) is 12.6. The summed E-state index contributed by atoms with van der Waals surface area (Å²) in [5.74, 6) is 0. The van der Waals surface area contributed by atoms with E-state index in [4.69, 9.17) is 0 Å². The van der Waals surface area contributed by atoms with Crippen LogP contribution < -0.4 is 5.19 Å². The highest BCUT2D eigenvalue weighted by Gasteiger charge is 2.18. The number of benzene rings is 2. The molecule has 0 saturated heterocycles. The lowest BCUT2D eigenvalue weighted by Crippen LogP contribution is -2.39. The molecule has 0 N–H and O–H groups in total. The van der Waals surface area contributed by atoms with E-state index in [0.717, 1.165) is 0 Å².